The van der Waals surface area contributed by atoms with Gasteiger partial charge in [-0.3, -0.25) is 14.5 Å². The zero-order valence-corrected chi connectivity index (χ0v) is 11.2. The van der Waals surface area contributed by atoms with Crippen LogP contribution in [-0.4, -0.2) is 35.8 Å². The fourth-order valence-electron chi connectivity index (χ4n) is 1.62. The second-order valence-corrected chi connectivity index (χ2v) is 4.64. The molecule has 0 aromatic heterocycles. The van der Waals surface area contributed by atoms with Crippen molar-refractivity contribution in [2.45, 2.75) is 19.9 Å². The number of rotatable bonds is 6. The number of carbonyl (C=O) groups excluding carboxylic acids is 2. The highest BCUT2D eigenvalue weighted by atomic mass is 16.2. The molecule has 0 fully saturated rings. The third kappa shape index (κ3) is 5.39. The number of carbonyl (C=O) groups is 2. The number of hydrogen-bond acceptors (Lipinski definition) is 4. The van der Waals surface area contributed by atoms with Gasteiger partial charge in [-0.25, -0.2) is 0 Å². The largest absolute Gasteiger partial charge is 0.399 e. The molecule has 1 aromatic rings. The van der Waals surface area contributed by atoms with Crippen LogP contribution in [0.4, 0.5) is 11.4 Å². The van der Waals surface area contributed by atoms with Gasteiger partial charge >= 0.3 is 0 Å². The highest BCUT2D eigenvalue weighted by Gasteiger charge is 2.16. The predicted molar refractivity (Wildman–Crippen MR) is 75.4 cm³/mol. The highest BCUT2D eigenvalue weighted by molar-refractivity contribution is 5.93. The molecular formula is C13H20N4O2. The molecule has 104 valence electrons. The molecule has 0 spiro atoms. The van der Waals surface area contributed by atoms with E-state index >= 15 is 0 Å². The summed E-state index contributed by atoms with van der Waals surface area (Å²) in [6.07, 6.45) is 0. The van der Waals surface area contributed by atoms with Gasteiger partial charge in [0.05, 0.1) is 13.1 Å². The first-order valence-electron chi connectivity index (χ1n) is 6.06. The van der Waals surface area contributed by atoms with Crippen LogP contribution in [0.1, 0.15) is 13.8 Å². The Morgan fingerprint density at radius 2 is 2.00 bits per heavy atom. The molecule has 0 radical (unpaired) electrons. The Bertz CT molecular complexity index is 460. The van der Waals surface area contributed by atoms with E-state index in [9.17, 15) is 9.59 Å². The lowest BCUT2D eigenvalue weighted by Crippen LogP contribution is -2.43. The molecule has 5 N–H and O–H groups in total. The number of nitrogens with one attached hydrogen (secondary N) is 1. The molecule has 0 unspecified atom stereocenters. The highest BCUT2D eigenvalue weighted by Crippen LogP contribution is 2.11. The molecule has 0 aliphatic rings. The maximum Gasteiger partial charge on any atom is 0.238 e. The lowest BCUT2D eigenvalue weighted by Gasteiger charge is -2.24. The number of nitrogens with two attached hydrogens (primary N) is 2. The third-order valence-corrected chi connectivity index (χ3v) is 2.61. The Kier molecular flexibility index (Phi) is 5.32. The van der Waals surface area contributed by atoms with Crippen LogP contribution in [0, 0.1) is 0 Å². The Morgan fingerprint density at radius 3 is 2.53 bits per heavy atom. The first-order chi connectivity index (χ1) is 8.88. The average molecular weight is 264 g/mol. The van der Waals surface area contributed by atoms with Crippen LogP contribution >= 0.6 is 0 Å². The van der Waals surface area contributed by atoms with E-state index in [-0.39, 0.29) is 25.0 Å². The Labute approximate surface area is 112 Å². The van der Waals surface area contributed by atoms with Gasteiger partial charge in [0.2, 0.25) is 11.8 Å². The van der Waals surface area contributed by atoms with Crippen LogP contribution in [0.2, 0.25) is 0 Å². The van der Waals surface area contributed by atoms with Gasteiger partial charge in [-0.05, 0) is 32.0 Å². The van der Waals surface area contributed by atoms with Crippen LogP contribution in [0.3, 0.4) is 0 Å². The van der Waals surface area contributed by atoms with Crippen molar-refractivity contribution in [1.29, 1.82) is 0 Å². The molecule has 0 saturated carbocycles. The zero-order chi connectivity index (χ0) is 14.4. The molecule has 1 aromatic carbocycles. The van der Waals surface area contributed by atoms with E-state index < -0.39 is 5.91 Å². The minimum absolute atomic E-state index is 0.0547. The van der Waals surface area contributed by atoms with Gasteiger partial charge in [0.25, 0.3) is 0 Å². The number of nitrogens with zero attached hydrogens (tertiary/aromatic N) is 1. The normalized spacial score (nSPS) is 10.7. The molecule has 0 heterocycles. The number of nitrogen functional groups attached to an aromatic ring is 1. The summed E-state index contributed by atoms with van der Waals surface area (Å²) >= 11 is 0. The lowest BCUT2D eigenvalue weighted by molar-refractivity contribution is -0.121. The summed E-state index contributed by atoms with van der Waals surface area (Å²) in [6.45, 7) is 3.96. The Morgan fingerprint density at radius 1 is 1.32 bits per heavy atom. The predicted octanol–water partition coefficient (Wildman–Crippen LogP) is 0.403. The lowest BCUT2D eigenvalue weighted by atomic mass is 10.2. The van der Waals surface area contributed by atoms with Gasteiger partial charge in [0.1, 0.15) is 0 Å². The second-order valence-electron chi connectivity index (χ2n) is 4.64. The molecule has 0 bridgehead atoms. The molecule has 6 nitrogen and oxygen atoms in total. The summed E-state index contributed by atoms with van der Waals surface area (Å²) in [5.41, 5.74) is 12.0. The number of hydrogen-bond donors (Lipinski definition) is 3. The molecule has 0 atom stereocenters. The minimum atomic E-state index is -0.453. The summed E-state index contributed by atoms with van der Waals surface area (Å²) in [6, 6.07) is 6.98. The van der Waals surface area contributed by atoms with Gasteiger partial charge in [0, 0.05) is 17.4 Å². The van der Waals surface area contributed by atoms with Crippen molar-refractivity contribution >= 4 is 23.2 Å². The Hall–Kier alpha value is -2.08. The van der Waals surface area contributed by atoms with Gasteiger partial charge in [-0.1, -0.05) is 6.07 Å². The molecule has 19 heavy (non-hydrogen) atoms. The molecule has 0 aliphatic carbocycles. The smallest absolute Gasteiger partial charge is 0.238 e. The monoisotopic (exact) mass is 264 g/mol. The quantitative estimate of drug-likeness (QED) is 0.647. The minimum Gasteiger partial charge on any atom is -0.399 e. The summed E-state index contributed by atoms with van der Waals surface area (Å²) in [4.78, 5) is 24.5. The standard InChI is InChI=1S/C13H20N4O2/c1-9(2)17(7-12(15)18)8-13(19)16-11-5-3-4-10(14)6-11/h3-6,9H,7-8,14H2,1-2H3,(H2,15,18)(H,16,19). The third-order valence-electron chi connectivity index (χ3n) is 2.61. The van der Waals surface area contributed by atoms with Crippen molar-refractivity contribution < 1.29 is 9.59 Å². The van der Waals surface area contributed by atoms with Crippen LogP contribution in [-0.2, 0) is 9.59 Å². The van der Waals surface area contributed by atoms with Gasteiger partial charge in [-0.2, -0.15) is 0 Å². The van der Waals surface area contributed by atoms with Crippen molar-refractivity contribution in [2.24, 2.45) is 5.73 Å². The van der Waals surface area contributed by atoms with Gasteiger partial charge in [-0.15, -0.1) is 0 Å². The van der Waals surface area contributed by atoms with E-state index in [0.29, 0.717) is 11.4 Å². The van der Waals surface area contributed by atoms with Gasteiger partial charge < -0.3 is 16.8 Å². The first kappa shape index (κ1) is 15.0. The summed E-state index contributed by atoms with van der Waals surface area (Å²) in [5, 5.41) is 2.73. The van der Waals surface area contributed by atoms with E-state index in [4.69, 9.17) is 11.5 Å². The number of anilines is 2. The van der Waals surface area contributed by atoms with E-state index in [2.05, 4.69) is 5.32 Å². The summed E-state index contributed by atoms with van der Waals surface area (Å²) < 4.78 is 0. The average Bonchev–Trinajstić information content (AvgIpc) is 2.27. The number of amides is 2. The number of primary amides is 1. The first-order valence-corrected chi connectivity index (χ1v) is 6.06. The van der Waals surface area contributed by atoms with Crippen molar-refractivity contribution in [3.63, 3.8) is 0 Å². The zero-order valence-electron chi connectivity index (χ0n) is 11.2. The molecular weight excluding hydrogens is 244 g/mol. The van der Waals surface area contributed by atoms with E-state index in [1.54, 1.807) is 29.2 Å². The van der Waals surface area contributed by atoms with Crippen molar-refractivity contribution in [1.82, 2.24) is 4.90 Å². The molecule has 6 heteroatoms. The fraction of sp³-hybridized carbons (Fsp3) is 0.385. The van der Waals surface area contributed by atoms with Crippen molar-refractivity contribution in [3.05, 3.63) is 24.3 Å². The fourth-order valence-corrected chi connectivity index (χ4v) is 1.62. The SMILES string of the molecule is CC(C)N(CC(N)=O)CC(=O)Nc1cccc(N)c1. The molecule has 0 saturated heterocycles. The second kappa shape index (κ2) is 6.75. The van der Waals surface area contributed by atoms with Crippen LogP contribution in [0.15, 0.2) is 24.3 Å². The topological polar surface area (TPSA) is 101 Å². The maximum atomic E-state index is 11.9. The van der Waals surface area contributed by atoms with Crippen LogP contribution < -0.4 is 16.8 Å². The van der Waals surface area contributed by atoms with Crippen LogP contribution in [0.25, 0.3) is 0 Å². The van der Waals surface area contributed by atoms with Crippen molar-refractivity contribution in [2.75, 3.05) is 24.1 Å². The van der Waals surface area contributed by atoms with E-state index in [1.165, 1.54) is 0 Å². The molecule has 2 amide bonds. The summed E-state index contributed by atoms with van der Waals surface area (Å²) in [7, 11) is 0. The maximum absolute atomic E-state index is 11.9. The van der Waals surface area contributed by atoms with E-state index in [1.807, 2.05) is 13.8 Å². The number of benzene rings is 1. The van der Waals surface area contributed by atoms with Gasteiger partial charge in [0.15, 0.2) is 0 Å². The molecule has 0 aliphatic heterocycles. The van der Waals surface area contributed by atoms with Crippen LogP contribution in [0.5, 0.6) is 0 Å². The summed E-state index contributed by atoms with van der Waals surface area (Å²) in [5.74, 6) is -0.661. The van der Waals surface area contributed by atoms with E-state index in [0.717, 1.165) is 0 Å². The Balaban J connectivity index is 2.60. The molecule has 1 rings (SSSR count). The van der Waals surface area contributed by atoms with Crippen molar-refractivity contribution in [3.8, 4) is 0 Å².